The zero-order valence-corrected chi connectivity index (χ0v) is 13.4. The number of nitrogen functional groups attached to an aromatic ring is 1. The fourth-order valence-electron chi connectivity index (χ4n) is 2.27. The first-order chi connectivity index (χ1) is 10.5. The Kier molecular flexibility index (Phi) is 4.01. The number of hydrogen-bond acceptors (Lipinski definition) is 3. The molecule has 0 amide bonds. The smallest absolute Gasteiger partial charge is 0.221 e. The van der Waals surface area contributed by atoms with E-state index in [0.717, 1.165) is 22.4 Å². The van der Waals surface area contributed by atoms with Crippen molar-refractivity contribution in [1.29, 1.82) is 0 Å². The standard InChI is InChI=1S/C17H13Cl2N3/c1-10-4-2-3-5-12(10)16-9-15(21-17(20)22-16)11-6-7-13(18)14(19)8-11/h2-9H,1H3,(H2,20,21,22). The predicted molar refractivity (Wildman–Crippen MR) is 92.1 cm³/mol. The Morgan fingerprint density at radius 3 is 2.32 bits per heavy atom. The number of aromatic nitrogens is 2. The Bertz CT molecular complexity index is 847. The number of rotatable bonds is 2. The molecular weight excluding hydrogens is 317 g/mol. The van der Waals surface area contributed by atoms with Crippen LogP contribution < -0.4 is 5.73 Å². The van der Waals surface area contributed by atoms with E-state index in [1.165, 1.54) is 0 Å². The third-order valence-corrected chi connectivity index (χ3v) is 4.12. The van der Waals surface area contributed by atoms with E-state index < -0.39 is 0 Å². The van der Waals surface area contributed by atoms with Gasteiger partial charge in [0.25, 0.3) is 0 Å². The molecular formula is C17H13Cl2N3. The molecule has 1 heterocycles. The van der Waals surface area contributed by atoms with E-state index in [0.29, 0.717) is 15.7 Å². The molecule has 3 nitrogen and oxygen atoms in total. The van der Waals surface area contributed by atoms with Gasteiger partial charge in [0.15, 0.2) is 0 Å². The van der Waals surface area contributed by atoms with Gasteiger partial charge in [-0.15, -0.1) is 0 Å². The minimum absolute atomic E-state index is 0.224. The molecule has 2 N–H and O–H groups in total. The van der Waals surface area contributed by atoms with E-state index in [9.17, 15) is 0 Å². The first-order valence-corrected chi connectivity index (χ1v) is 7.46. The third kappa shape index (κ3) is 2.91. The lowest BCUT2D eigenvalue weighted by Gasteiger charge is -2.09. The summed E-state index contributed by atoms with van der Waals surface area (Å²) >= 11 is 12.0. The topological polar surface area (TPSA) is 51.8 Å². The van der Waals surface area contributed by atoms with Crippen LogP contribution >= 0.6 is 23.2 Å². The zero-order chi connectivity index (χ0) is 15.7. The molecule has 0 fully saturated rings. The minimum Gasteiger partial charge on any atom is -0.368 e. The van der Waals surface area contributed by atoms with E-state index in [1.54, 1.807) is 12.1 Å². The predicted octanol–water partition coefficient (Wildman–Crippen LogP) is 5.01. The van der Waals surface area contributed by atoms with Gasteiger partial charge in [-0.25, -0.2) is 9.97 Å². The van der Waals surface area contributed by atoms with Crippen LogP contribution in [0.2, 0.25) is 10.0 Å². The molecule has 0 aliphatic heterocycles. The molecule has 0 aliphatic carbocycles. The molecule has 0 saturated heterocycles. The van der Waals surface area contributed by atoms with Gasteiger partial charge >= 0.3 is 0 Å². The summed E-state index contributed by atoms with van der Waals surface area (Å²) in [5.74, 6) is 0.224. The zero-order valence-electron chi connectivity index (χ0n) is 11.8. The monoisotopic (exact) mass is 329 g/mol. The third-order valence-electron chi connectivity index (χ3n) is 3.38. The highest BCUT2D eigenvalue weighted by Crippen LogP contribution is 2.30. The fraction of sp³-hybridized carbons (Fsp3) is 0.0588. The lowest BCUT2D eigenvalue weighted by atomic mass is 10.0. The van der Waals surface area contributed by atoms with Crippen molar-refractivity contribution in [1.82, 2.24) is 9.97 Å². The first kappa shape index (κ1) is 14.8. The molecule has 0 unspecified atom stereocenters. The van der Waals surface area contributed by atoms with Gasteiger partial charge in [-0.05, 0) is 30.7 Å². The lowest BCUT2D eigenvalue weighted by Crippen LogP contribution is -1.99. The molecule has 5 heteroatoms. The van der Waals surface area contributed by atoms with Gasteiger partial charge in [0.05, 0.1) is 21.4 Å². The average Bonchev–Trinajstić information content (AvgIpc) is 2.50. The number of halogens is 2. The van der Waals surface area contributed by atoms with E-state index >= 15 is 0 Å². The van der Waals surface area contributed by atoms with Gasteiger partial charge in [0, 0.05) is 11.1 Å². The summed E-state index contributed by atoms with van der Waals surface area (Å²) < 4.78 is 0. The number of nitrogens with zero attached hydrogens (tertiary/aromatic N) is 2. The van der Waals surface area contributed by atoms with Gasteiger partial charge in [0.1, 0.15) is 0 Å². The van der Waals surface area contributed by atoms with Gasteiger partial charge in [-0.1, -0.05) is 53.5 Å². The Hall–Kier alpha value is -2.10. The van der Waals surface area contributed by atoms with Crippen LogP contribution in [0.5, 0.6) is 0 Å². The Morgan fingerprint density at radius 2 is 1.59 bits per heavy atom. The quantitative estimate of drug-likeness (QED) is 0.719. The molecule has 3 aromatic rings. The molecule has 0 radical (unpaired) electrons. The molecule has 110 valence electrons. The Labute approximate surface area is 138 Å². The summed E-state index contributed by atoms with van der Waals surface area (Å²) in [4.78, 5) is 8.63. The van der Waals surface area contributed by atoms with Crippen molar-refractivity contribution in [2.75, 3.05) is 5.73 Å². The number of hydrogen-bond donors (Lipinski definition) is 1. The van der Waals surface area contributed by atoms with Gasteiger partial charge in [-0.3, -0.25) is 0 Å². The number of aryl methyl sites for hydroxylation is 1. The Morgan fingerprint density at radius 1 is 0.864 bits per heavy atom. The van der Waals surface area contributed by atoms with Crippen LogP contribution in [0.15, 0.2) is 48.5 Å². The largest absolute Gasteiger partial charge is 0.368 e. The van der Waals surface area contributed by atoms with Crippen LogP contribution in [-0.4, -0.2) is 9.97 Å². The maximum atomic E-state index is 6.08. The summed E-state index contributed by atoms with van der Waals surface area (Å²) in [6.45, 7) is 2.03. The molecule has 1 aromatic heterocycles. The highest BCUT2D eigenvalue weighted by atomic mass is 35.5. The normalized spacial score (nSPS) is 10.7. The number of nitrogens with two attached hydrogens (primary N) is 1. The van der Waals surface area contributed by atoms with E-state index in [1.807, 2.05) is 43.3 Å². The molecule has 0 spiro atoms. The van der Waals surface area contributed by atoms with Gasteiger partial charge in [-0.2, -0.15) is 0 Å². The molecule has 0 atom stereocenters. The SMILES string of the molecule is Cc1ccccc1-c1cc(-c2ccc(Cl)c(Cl)c2)nc(N)n1. The molecule has 0 bridgehead atoms. The maximum Gasteiger partial charge on any atom is 0.221 e. The minimum atomic E-state index is 0.224. The van der Waals surface area contributed by atoms with Crippen LogP contribution in [0.25, 0.3) is 22.5 Å². The number of anilines is 1. The molecule has 3 rings (SSSR count). The van der Waals surface area contributed by atoms with Crippen molar-refractivity contribution in [3.63, 3.8) is 0 Å². The van der Waals surface area contributed by atoms with Crippen LogP contribution in [-0.2, 0) is 0 Å². The van der Waals surface area contributed by atoms with E-state index in [-0.39, 0.29) is 5.95 Å². The van der Waals surface area contributed by atoms with Crippen molar-refractivity contribution in [3.05, 3.63) is 64.1 Å². The van der Waals surface area contributed by atoms with Crippen molar-refractivity contribution < 1.29 is 0 Å². The summed E-state index contributed by atoms with van der Waals surface area (Å²) in [6, 6.07) is 15.3. The average molecular weight is 330 g/mol. The fourth-order valence-corrected chi connectivity index (χ4v) is 2.57. The van der Waals surface area contributed by atoms with Crippen molar-refractivity contribution in [2.45, 2.75) is 6.92 Å². The highest BCUT2D eigenvalue weighted by molar-refractivity contribution is 6.42. The number of benzene rings is 2. The van der Waals surface area contributed by atoms with Gasteiger partial charge < -0.3 is 5.73 Å². The first-order valence-electron chi connectivity index (χ1n) is 6.70. The van der Waals surface area contributed by atoms with Crippen molar-refractivity contribution in [3.8, 4) is 22.5 Å². The Balaban J connectivity index is 2.14. The van der Waals surface area contributed by atoms with E-state index in [2.05, 4.69) is 9.97 Å². The second-order valence-electron chi connectivity index (χ2n) is 4.94. The molecule has 22 heavy (non-hydrogen) atoms. The summed E-state index contributed by atoms with van der Waals surface area (Å²) in [7, 11) is 0. The molecule has 2 aromatic carbocycles. The van der Waals surface area contributed by atoms with Gasteiger partial charge in [0.2, 0.25) is 5.95 Å². The maximum absolute atomic E-state index is 6.08. The second kappa shape index (κ2) is 5.95. The summed E-state index contributed by atoms with van der Waals surface area (Å²) in [6.07, 6.45) is 0. The second-order valence-corrected chi connectivity index (χ2v) is 5.75. The lowest BCUT2D eigenvalue weighted by molar-refractivity contribution is 1.19. The van der Waals surface area contributed by atoms with Crippen LogP contribution in [0.3, 0.4) is 0 Å². The molecule has 0 aliphatic rings. The van der Waals surface area contributed by atoms with Crippen LogP contribution in [0, 0.1) is 6.92 Å². The molecule has 0 saturated carbocycles. The summed E-state index contributed by atoms with van der Waals surface area (Å²) in [5.41, 5.74) is 10.4. The van der Waals surface area contributed by atoms with Crippen molar-refractivity contribution in [2.24, 2.45) is 0 Å². The van der Waals surface area contributed by atoms with Crippen LogP contribution in [0.1, 0.15) is 5.56 Å². The van der Waals surface area contributed by atoms with E-state index in [4.69, 9.17) is 28.9 Å². The highest BCUT2D eigenvalue weighted by Gasteiger charge is 2.10. The van der Waals surface area contributed by atoms with Crippen molar-refractivity contribution >= 4 is 29.2 Å². The van der Waals surface area contributed by atoms with Crippen LogP contribution in [0.4, 0.5) is 5.95 Å². The summed E-state index contributed by atoms with van der Waals surface area (Å²) in [5, 5.41) is 0.986.